The molecule has 2 N–H and O–H groups in total. The van der Waals surface area contributed by atoms with Crippen LogP contribution >= 0.6 is 0 Å². The standard InChI is InChI=1S/C21H33N7/c1-3-22-21(23-13-9-15-27-14-8-7-10-18(27)2)24-16-20-26-25-17-28(20)19-11-5-4-6-12-19/h4-6,11-12,17-18H,3,7-10,13-16H2,1-2H3,(H2,22,23,24). The lowest BCUT2D eigenvalue weighted by Gasteiger charge is -2.33. The Balaban J connectivity index is 1.51. The zero-order valence-corrected chi connectivity index (χ0v) is 17.1. The Morgan fingerprint density at radius 1 is 1.21 bits per heavy atom. The van der Waals surface area contributed by atoms with Crippen molar-refractivity contribution in [2.45, 2.75) is 52.1 Å². The number of piperidine rings is 1. The molecule has 0 saturated carbocycles. The van der Waals surface area contributed by atoms with Gasteiger partial charge in [0, 0.05) is 31.4 Å². The number of hydrogen-bond donors (Lipinski definition) is 2. The molecule has 1 aliphatic rings. The summed E-state index contributed by atoms with van der Waals surface area (Å²) in [5.41, 5.74) is 1.05. The first-order valence-corrected chi connectivity index (χ1v) is 10.5. The van der Waals surface area contributed by atoms with Gasteiger partial charge in [0.2, 0.25) is 0 Å². The predicted octanol–water partition coefficient (Wildman–Crippen LogP) is 2.59. The average molecular weight is 384 g/mol. The van der Waals surface area contributed by atoms with E-state index in [1.54, 1.807) is 6.33 Å². The van der Waals surface area contributed by atoms with Crippen LogP contribution in [0.25, 0.3) is 5.69 Å². The fourth-order valence-corrected chi connectivity index (χ4v) is 3.64. The minimum atomic E-state index is 0.480. The second-order valence-corrected chi connectivity index (χ2v) is 7.31. The minimum absolute atomic E-state index is 0.480. The van der Waals surface area contributed by atoms with Gasteiger partial charge in [0.25, 0.3) is 0 Å². The fraction of sp³-hybridized carbons (Fsp3) is 0.571. The van der Waals surface area contributed by atoms with Gasteiger partial charge in [-0.3, -0.25) is 4.57 Å². The summed E-state index contributed by atoms with van der Waals surface area (Å²) in [4.78, 5) is 7.31. The van der Waals surface area contributed by atoms with Crippen LogP contribution in [-0.4, -0.2) is 57.8 Å². The summed E-state index contributed by atoms with van der Waals surface area (Å²) in [5.74, 6) is 1.65. The van der Waals surface area contributed by atoms with Gasteiger partial charge in [-0.2, -0.15) is 0 Å². The average Bonchev–Trinajstić information content (AvgIpc) is 3.20. The van der Waals surface area contributed by atoms with E-state index in [1.807, 2.05) is 34.9 Å². The van der Waals surface area contributed by atoms with Gasteiger partial charge >= 0.3 is 0 Å². The number of nitrogens with one attached hydrogen (secondary N) is 2. The molecular weight excluding hydrogens is 350 g/mol. The molecule has 1 fully saturated rings. The third-order valence-corrected chi connectivity index (χ3v) is 5.23. The first-order valence-electron chi connectivity index (χ1n) is 10.5. The quantitative estimate of drug-likeness (QED) is 0.417. The van der Waals surface area contributed by atoms with Crippen molar-refractivity contribution in [3.05, 3.63) is 42.5 Å². The van der Waals surface area contributed by atoms with Gasteiger partial charge in [0.1, 0.15) is 12.9 Å². The molecule has 1 unspecified atom stereocenters. The SMILES string of the molecule is CCNC(=NCc1nncn1-c1ccccc1)NCCCN1CCCCC1C. The highest BCUT2D eigenvalue weighted by atomic mass is 15.3. The maximum atomic E-state index is 4.70. The lowest BCUT2D eigenvalue weighted by atomic mass is 10.0. The smallest absolute Gasteiger partial charge is 0.191 e. The van der Waals surface area contributed by atoms with E-state index in [1.165, 1.54) is 25.8 Å². The van der Waals surface area contributed by atoms with Crippen molar-refractivity contribution in [2.24, 2.45) is 4.99 Å². The van der Waals surface area contributed by atoms with Crippen LogP contribution in [0.15, 0.2) is 41.7 Å². The Bertz CT molecular complexity index is 725. The summed E-state index contributed by atoms with van der Waals surface area (Å²) < 4.78 is 1.98. The third-order valence-electron chi connectivity index (χ3n) is 5.23. The topological polar surface area (TPSA) is 70.4 Å². The number of guanidine groups is 1. The second kappa shape index (κ2) is 10.8. The lowest BCUT2D eigenvalue weighted by Crippen LogP contribution is -2.41. The van der Waals surface area contributed by atoms with Crippen molar-refractivity contribution in [3.63, 3.8) is 0 Å². The Hall–Kier alpha value is -2.41. The van der Waals surface area contributed by atoms with Crippen molar-refractivity contribution >= 4 is 5.96 Å². The van der Waals surface area contributed by atoms with Gasteiger partial charge in [-0.15, -0.1) is 10.2 Å². The number of aromatic nitrogens is 3. The number of benzene rings is 1. The second-order valence-electron chi connectivity index (χ2n) is 7.31. The lowest BCUT2D eigenvalue weighted by molar-refractivity contribution is 0.159. The van der Waals surface area contributed by atoms with Crippen LogP contribution in [0.2, 0.25) is 0 Å². The zero-order chi connectivity index (χ0) is 19.6. The molecule has 28 heavy (non-hydrogen) atoms. The molecule has 7 heteroatoms. The van der Waals surface area contributed by atoms with E-state index in [2.05, 4.69) is 39.6 Å². The molecule has 1 aromatic heterocycles. The van der Waals surface area contributed by atoms with E-state index < -0.39 is 0 Å². The van der Waals surface area contributed by atoms with E-state index in [0.29, 0.717) is 6.54 Å². The van der Waals surface area contributed by atoms with E-state index >= 15 is 0 Å². The zero-order valence-electron chi connectivity index (χ0n) is 17.1. The molecule has 1 aliphatic heterocycles. The molecule has 0 radical (unpaired) electrons. The number of para-hydroxylation sites is 1. The fourth-order valence-electron chi connectivity index (χ4n) is 3.64. The highest BCUT2D eigenvalue weighted by Crippen LogP contribution is 2.16. The first kappa shape index (κ1) is 20.3. The Kier molecular flexibility index (Phi) is 7.84. The number of rotatable bonds is 8. The van der Waals surface area contributed by atoms with Gasteiger partial charge in [-0.1, -0.05) is 24.6 Å². The van der Waals surface area contributed by atoms with Crippen LogP contribution in [0.4, 0.5) is 0 Å². The molecule has 0 amide bonds. The molecule has 7 nitrogen and oxygen atoms in total. The van der Waals surface area contributed by atoms with Crippen molar-refractivity contribution in [1.29, 1.82) is 0 Å². The summed E-state index contributed by atoms with van der Waals surface area (Å²) in [6, 6.07) is 10.8. The van der Waals surface area contributed by atoms with Crippen molar-refractivity contribution in [2.75, 3.05) is 26.2 Å². The molecule has 1 saturated heterocycles. The minimum Gasteiger partial charge on any atom is -0.357 e. The van der Waals surface area contributed by atoms with Crippen molar-refractivity contribution in [1.82, 2.24) is 30.3 Å². The molecule has 2 heterocycles. The van der Waals surface area contributed by atoms with Crippen LogP contribution in [-0.2, 0) is 6.54 Å². The van der Waals surface area contributed by atoms with E-state index in [-0.39, 0.29) is 0 Å². The van der Waals surface area contributed by atoms with Crippen LogP contribution in [0.1, 0.15) is 45.4 Å². The van der Waals surface area contributed by atoms with E-state index in [0.717, 1.165) is 49.6 Å². The van der Waals surface area contributed by atoms with Crippen LogP contribution < -0.4 is 10.6 Å². The van der Waals surface area contributed by atoms with E-state index in [9.17, 15) is 0 Å². The molecule has 0 bridgehead atoms. The molecule has 1 atom stereocenters. The molecule has 0 aliphatic carbocycles. The molecule has 1 aromatic carbocycles. The molecule has 3 rings (SSSR count). The Morgan fingerprint density at radius 2 is 2.07 bits per heavy atom. The van der Waals surface area contributed by atoms with Crippen LogP contribution in [0.5, 0.6) is 0 Å². The predicted molar refractivity (Wildman–Crippen MR) is 114 cm³/mol. The largest absolute Gasteiger partial charge is 0.357 e. The Morgan fingerprint density at radius 3 is 2.86 bits per heavy atom. The monoisotopic (exact) mass is 383 g/mol. The number of nitrogens with zero attached hydrogens (tertiary/aromatic N) is 5. The van der Waals surface area contributed by atoms with Crippen LogP contribution in [0, 0.1) is 0 Å². The Labute approximate surface area is 168 Å². The summed E-state index contributed by atoms with van der Waals surface area (Å²) >= 11 is 0. The van der Waals surface area contributed by atoms with Gasteiger partial charge in [0.05, 0.1) is 0 Å². The van der Waals surface area contributed by atoms with Gasteiger partial charge in [-0.05, 0) is 51.8 Å². The van der Waals surface area contributed by atoms with Gasteiger partial charge in [0.15, 0.2) is 11.8 Å². The first-order chi connectivity index (χ1) is 13.8. The summed E-state index contributed by atoms with van der Waals surface area (Å²) in [5, 5.41) is 15.1. The molecule has 2 aromatic rings. The van der Waals surface area contributed by atoms with Crippen LogP contribution in [0.3, 0.4) is 0 Å². The van der Waals surface area contributed by atoms with Crippen molar-refractivity contribution in [3.8, 4) is 5.69 Å². The highest BCUT2D eigenvalue weighted by Gasteiger charge is 2.17. The molecule has 152 valence electrons. The number of hydrogen-bond acceptors (Lipinski definition) is 4. The highest BCUT2D eigenvalue weighted by molar-refractivity contribution is 5.79. The normalized spacial score (nSPS) is 18.2. The molecular formula is C21H33N7. The summed E-state index contributed by atoms with van der Waals surface area (Å²) in [6.45, 7) is 9.05. The summed E-state index contributed by atoms with van der Waals surface area (Å²) in [7, 11) is 0. The molecule has 0 spiro atoms. The maximum Gasteiger partial charge on any atom is 0.191 e. The third kappa shape index (κ3) is 5.79. The van der Waals surface area contributed by atoms with E-state index in [4.69, 9.17) is 4.99 Å². The van der Waals surface area contributed by atoms with Crippen molar-refractivity contribution < 1.29 is 0 Å². The van der Waals surface area contributed by atoms with Gasteiger partial charge < -0.3 is 15.5 Å². The van der Waals surface area contributed by atoms with Gasteiger partial charge in [-0.25, -0.2) is 4.99 Å². The maximum absolute atomic E-state index is 4.70. The number of aliphatic imine (C=N–C) groups is 1. The number of likely N-dealkylation sites (tertiary alicyclic amines) is 1. The summed E-state index contributed by atoms with van der Waals surface area (Å²) in [6.07, 6.45) is 6.90.